The molecule has 0 fully saturated rings. The second-order valence-corrected chi connectivity index (χ2v) is 7.50. The highest BCUT2D eigenvalue weighted by Crippen LogP contribution is 2.33. The third-order valence-corrected chi connectivity index (χ3v) is 5.27. The lowest BCUT2D eigenvalue weighted by molar-refractivity contribution is 0.0958. The van der Waals surface area contributed by atoms with Gasteiger partial charge in [-0.3, -0.25) is 14.9 Å². The third-order valence-electron chi connectivity index (χ3n) is 5.27. The van der Waals surface area contributed by atoms with Crippen molar-refractivity contribution in [3.05, 3.63) is 64.7 Å². The molecule has 0 aliphatic heterocycles. The van der Waals surface area contributed by atoms with Gasteiger partial charge in [0.25, 0.3) is 5.91 Å². The average molecular weight is 428 g/mol. The number of nitrogens with zero attached hydrogens (tertiary/aromatic N) is 4. The number of carbonyl (C=O) groups excluding carboxylic acids is 1. The van der Waals surface area contributed by atoms with Gasteiger partial charge in [-0.05, 0) is 48.7 Å². The van der Waals surface area contributed by atoms with Crippen LogP contribution in [0.3, 0.4) is 0 Å². The molecule has 4 aromatic rings. The maximum atomic E-state index is 15.1. The third kappa shape index (κ3) is 3.69. The van der Waals surface area contributed by atoms with Crippen LogP contribution in [0, 0.1) is 24.1 Å². The van der Waals surface area contributed by atoms with E-state index in [1.165, 1.54) is 19.3 Å². The van der Waals surface area contributed by atoms with E-state index in [2.05, 4.69) is 31.6 Å². The standard InChI is InChI=1S/C24H21FN6O/c1-4-5-14-8-13(2)20(17(25)9-14)21-16(11-26)10-19-23(29-21)22(31-30-19)15-6-7-18(28-12-15)24(32)27-3/h6-10,12H,4-5H2,1-3H3,(H,27,32)(H,30,31). The molecule has 32 heavy (non-hydrogen) atoms. The topological polar surface area (TPSA) is 107 Å². The van der Waals surface area contributed by atoms with E-state index in [0.29, 0.717) is 27.9 Å². The minimum Gasteiger partial charge on any atom is -0.354 e. The SMILES string of the molecule is CCCc1cc(C)c(-c2nc3c(-c4ccc(C(=O)NC)nc4)n[nH]c3cc2C#N)c(F)c1. The number of amides is 1. The molecule has 0 bridgehead atoms. The van der Waals surface area contributed by atoms with E-state index >= 15 is 4.39 Å². The summed E-state index contributed by atoms with van der Waals surface area (Å²) in [6.45, 7) is 3.86. The van der Waals surface area contributed by atoms with Gasteiger partial charge in [0.05, 0.1) is 16.8 Å². The van der Waals surface area contributed by atoms with Crippen molar-refractivity contribution in [2.24, 2.45) is 0 Å². The lowest BCUT2D eigenvalue weighted by Crippen LogP contribution is -2.18. The molecule has 7 nitrogen and oxygen atoms in total. The molecule has 1 aromatic carbocycles. The Morgan fingerprint density at radius 1 is 1.25 bits per heavy atom. The molecule has 0 saturated heterocycles. The molecular weight excluding hydrogens is 407 g/mol. The molecule has 3 heterocycles. The number of carbonyl (C=O) groups is 1. The number of nitrogens with one attached hydrogen (secondary N) is 2. The monoisotopic (exact) mass is 428 g/mol. The second kappa shape index (κ2) is 8.55. The molecule has 8 heteroatoms. The van der Waals surface area contributed by atoms with Crippen molar-refractivity contribution < 1.29 is 9.18 Å². The van der Waals surface area contributed by atoms with E-state index in [1.54, 1.807) is 18.2 Å². The maximum absolute atomic E-state index is 15.1. The average Bonchev–Trinajstić information content (AvgIpc) is 3.20. The predicted molar refractivity (Wildman–Crippen MR) is 119 cm³/mol. The quantitative estimate of drug-likeness (QED) is 0.492. The van der Waals surface area contributed by atoms with E-state index in [-0.39, 0.29) is 22.9 Å². The lowest BCUT2D eigenvalue weighted by Gasteiger charge is -2.11. The molecule has 4 rings (SSSR count). The van der Waals surface area contributed by atoms with Gasteiger partial charge >= 0.3 is 0 Å². The molecule has 0 spiro atoms. The van der Waals surface area contributed by atoms with Crippen LogP contribution >= 0.6 is 0 Å². The van der Waals surface area contributed by atoms with Gasteiger partial charge in [0.1, 0.15) is 28.8 Å². The van der Waals surface area contributed by atoms with Crippen LogP contribution in [0.25, 0.3) is 33.5 Å². The lowest BCUT2D eigenvalue weighted by atomic mass is 9.96. The van der Waals surface area contributed by atoms with Crippen LogP contribution in [-0.2, 0) is 6.42 Å². The number of pyridine rings is 2. The number of H-pyrrole nitrogens is 1. The minimum atomic E-state index is -0.404. The van der Waals surface area contributed by atoms with Crippen molar-refractivity contribution in [3.63, 3.8) is 0 Å². The molecule has 0 aliphatic carbocycles. The summed E-state index contributed by atoms with van der Waals surface area (Å²) in [6, 6.07) is 10.5. The molecule has 0 unspecified atom stereocenters. The second-order valence-electron chi connectivity index (χ2n) is 7.50. The summed E-state index contributed by atoms with van der Waals surface area (Å²) in [6.07, 6.45) is 3.22. The molecular formula is C24H21FN6O. The Morgan fingerprint density at radius 3 is 2.69 bits per heavy atom. The Hall–Kier alpha value is -4.12. The van der Waals surface area contributed by atoms with Crippen LogP contribution in [0.15, 0.2) is 36.5 Å². The Morgan fingerprint density at radius 2 is 2.06 bits per heavy atom. The number of aromatic nitrogens is 4. The Bertz CT molecular complexity index is 1350. The van der Waals surface area contributed by atoms with E-state index in [9.17, 15) is 10.1 Å². The maximum Gasteiger partial charge on any atom is 0.269 e. The summed E-state index contributed by atoms with van der Waals surface area (Å²) < 4.78 is 15.1. The number of benzene rings is 1. The van der Waals surface area contributed by atoms with Gasteiger partial charge in [0, 0.05) is 24.4 Å². The van der Waals surface area contributed by atoms with E-state index < -0.39 is 5.82 Å². The molecule has 0 atom stereocenters. The van der Waals surface area contributed by atoms with Crippen molar-refractivity contribution in [3.8, 4) is 28.6 Å². The Labute approximate surface area is 184 Å². The highest BCUT2D eigenvalue weighted by molar-refractivity contribution is 5.94. The zero-order valence-corrected chi connectivity index (χ0v) is 18.0. The van der Waals surface area contributed by atoms with Gasteiger partial charge in [-0.1, -0.05) is 19.4 Å². The van der Waals surface area contributed by atoms with Crippen LogP contribution in [0.2, 0.25) is 0 Å². The summed E-state index contributed by atoms with van der Waals surface area (Å²) in [5, 5.41) is 19.4. The smallest absolute Gasteiger partial charge is 0.269 e. The van der Waals surface area contributed by atoms with Gasteiger partial charge in [0.15, 0.2) is 0 Å². The van der Waals surface area contributed by atoms with Crippen molar-refractivity contribution in [2.75, 3.05) is 7.05 Å². The van der Waals surface area contributed by atoms with Gasteiger partial charge in [-0.2, -0.15) is 10.4 Å². The van der Waals surface area contributed by atoms with Gasteiger partial charge in [0.2, 0.25) is 0 Å². The number of nitriles is 1. The highest BCUT2D eigenvalue weighted by Gasteiger charge is 2.20. The summed E-state index contributed by atoms with van der Waals surface area (Å²) in [5.74, 6) is -0.696. The van der Waals surface area contributed by atoms with Crippen molar-refractivity contribution in [1.29, 1.82) is 5.26 Å². The summed E-state index contributed by atoms with van der Waals surface area (Å²) in [5.41, 5.74) is 4.94. The summed E-state index contributed by atoms with van der Waals surface area (Å²) in [7, 11) is 1.53. The predicted octanol–water partition coefficient (Wildman–Crippen LogP) is 4.32. The van der Waals surface area contributed by atoms with Crippen LogP contribution in [0.4, 0.5) is 4.39 Å². The zero-order valence-electron chi connectivity index (χ0n) is 18.0. The largest absolute Gasteiger partial charge is 0.354 e. The fourth-order valence-corrected chi connectivity index (χ4v) is 3.77. The summed E-state index contributed by atoms with van der Waals surface area (Å²) >= 11 is 0. The highest BCUT2D eigenvalue weighted by atomic mass is 19.1. The van der Waals surface area contributed by atoms with Crippen molar-refractivity contribution >= 4 is 16.9 Å². The fraction of sp³-hybridized carbons (Fsp3) is 0.208. The molecule has 0 radical (unpaired) electrons. The van der Waals surface area contributed by atoms with Crippen molar-refractivity contribution in [1.82, 2.24) is 25.5 Å². The Kier molecular flexibility index (Phi) is 5.65. The first kappa shape index (κ1) is 21.1. The normalized spacial score (nSPS) is 10.8. The first-order valence-electron chi connectivity index (χ1n) is 10.2. The van der Waals surface area contributed by atoms with E-state index in [0.717, 1.165) is 24.0 Å². The zero-order chi connectivity index (χ0) is 22.8. The van der Waals surface area contributed by atoms with E-state index in [4.69, 9.17) is 0 Å². The Balaban J connectivity index is 1.87. The number of rotatable bonds is 5. The number of hydrogen-bond donors (Lipinski definition) is 2. The first-order valence-corrected chi connectivity index (χ1v) is 10.2. The molecule has 160 valence electrons. The minimum absolute atomic E-state index is 0.256. The number of halogens is 1. The number of hydrogen-bond acceptors (Lipinski definition) is 5. The van der Waals surface area contributed by atoms with Gasteiger partial charge < -0.3 is 5.32 Å². The molecule has 0 saturated carbocycles. The molecule has 2 N–H and O–H groups in total. The van der Waals surface area contributed by atoms with Crippen LogP contribution < -0.4 is 5.32 Å². The molecule has 0 aliphatic rings. The number of aromatic amines is 1. The number of fused-ring (bicyclic) bond motifs is 1. The van der Waals surface area contributed by atoms with Crippen molar-refractivity contribution in [2.45, 2.75) is 26.7 Å². The summed E-state index contributed by atoms with van der Waals surface area (Å²) in [4.78, 5) is 20.6. The van der Waals surface area contributed by atoms with Crippen LogP contribution in [0.5, 0.6) is 0 Å². The molecule has 3 aromatic heterocycles. The van der Waals surface area contributed by atoms with Crippen LogP contribution in [-0.4, -0.2) is 33.1 Å². The van der Waals surface area contributed by atoms with Crippen LogP contribution in [0.1, 0.15) is 40.5 Å². The fourth-order valence-electron chi connectivity index (χ4n) is 3.77. The van der Waals surface area contributed by atoms with E-state index in [1.807, 2.05) is 19.9 Å². The first-order chi connectivity index (χ1) is 15.5. The molecule has 1 amide bonds. The van der Waals surface area contributed by atoms with Gasteiger partial charge in [-0.25, -0.2) is 9.37 Å². The van der Waals surface area contributed by atoms with Gasteiger partial charge in [-0.15, -0.1) is 0 Å². The number of aryl methyl sites for hydroxylation is 2.